The molecule has 0 saturated carbocycles. The second-order valence-electron chi connectivity index (χ2n) is 4.73. The van der Waals surface area contributed by atoms with E-state index in [1.165, 1.54) is 0 Å². The van der Waals surface area contributed by atoms with Crippen LogP contribution in [0, 0.1) is 5.92 Å². The molecule has 0 fully saturated rings. The first-order valence-electron chi connectivity index (χ1n) is 6.74. The summed E-state index contributed by atoms with van der Waals surface area (Å²) in [6, 6.07) is 10.1. The lowest BCUT2D eigenvalue weighted by Crippen LogP contribution is -2.23. The van der Waals surface area contributed by atoms with E-state index in [-0.39, 0.29) is 18.1 Å². The molecule has 0 aliphatic carbocycles. The van der Waals surface area contributed by atoms with Crippen molar-refractivity contribution in [3.05, 3.63) is 60.9 Å². The van der Waals surface area contributed by atoms with Crippen LogP contribution < -0.4 is 0 Å². The highest BCUT2D eigenvalue weighted by Crippen LogP contribution is 2.28. The molecular weight excluding hydrogens is 236 g/mol. The summed E-state index contributed by atoms with van der Waals surface area (Å²) >= 11 is 0. The molecule has 1 aromatic rings. The Morgan fingerprint density at radius 1 is 1.26 bits per heavy atom. The Morgan fingerprint density at radius 2 is 1.89 bits per heavy atom. The van der Waals surface area contributed by atoms with E-state index < -0.39 is 0 Å². The lowest BCUT2D eigenvalue weighted by molar-refractivity contribution is -0.0288. The van der Waals surface area contributed by atoms with E-state index in [9.17, 15) is 0 Å². The van der Waals surface area contributed by atoms with Gasteiger partial charge in [-0.3, -0.25) is 0 Å². The highest BCUT2D eigenvalue weighted by Gasteiger charge is 2.24. The minimum Gasteiger partial charge on any atom is -0.487 e. The third-order valence-electron chi connectivity index (χ3n) is 2.94. The summed E-state index contributed by atoms with van der Waals surface area (Å²) in [7, 11) is 0. The Balaban J connectivity index is 2.96. The quantitative estimate of drug-likeness (QED) is 0.506. The zero-order valence-electron chi connectivity index (χ0n) is 12.1. The molecule has 2 unspecified atom stereocenters. The van der Waals surface area contributed by atoms with Crippen molar-refractivity contribution in [2.24, 2.45) is 5.92 Å². The van der Waals surface area contributed by atoms with Crippen molar-refractivity contribution >= 4 is 0 Å². The Morgan fingerprint density at radius 3 is 2.37 bits per heavy atom. The van der Waals surface area contributed by atoms with Gasteiger partial charge in [0.05, 0.1) is 5.76 Å². The monoisotopic (exact) mass is 260 g/mol. The Labute approximate surface area is 116 Å². The number of benzene rings is 1. The summed E-state index contributed by atoms with van der Waals surface area (Å²) in [5.74, 6) is 1.04. The number of ether oxygens (including phenoxy) is 2. The van der Waals surface area contributed by atoms with Gasteiger partial charge in [0.15, 0.2) is 6.10 Å². The van der Waals surface area contributed by atoms with E-state index in [0.717, 1.165) is 11.3 Å². The summed E-state index contributed by atoms with van der Waals surface area (Å²) in [4.78, 5) is 0. The zero-order valence-corrected chi connectivity index (χ0v) is 12.1. The molecule has 2 heteroatoms. The fourth-order valence-corrected chi connectivity index (χ4v) is 1.74. The Kier molecular flexibility index (Phi) is 6.37. The molecular formula is C17H24O2. The molecule has 1 rings (SSSR count). The lowest BCUT2D eigenvalue weighted by Gasteiger charge is -2.28. The third kappa shape index (κ3) is 4.56. The van der Waals surface area contributed by atoms with Gasteiger partial charge < -0.3 is 9.47 Å². The average Bonchev–Trinajstić information content (AvgIpc) is 2.43. The van der Waals surface area contributed by atoms with Gasteiger partial charge in [-0.2, -0.15) is 0 Å². The summed E-state index contributed by atoms with van der Waals surface area (Å²) in [5, 5.41) is 0. The maximum Gasteiger partial charge on any atom is 0.153 e. The van der Waals surface area contributed by atoms with Crippen LogP contribution >= 0.6 is 0 Å². The predicted molar refractivity (Wildman–Crippen MR) is 79.9 cm³/mol. The molecule has 0 bridgehead atoms. The van der Waals surface area contributed by atoms with E-state index in [1.54, 1.807) is 6.08 Å². The molecule has 0 saturated heterocycles. The first-order valence-corrected chi connectivity index (χ1v) is 6.74. The topological polar surface area (TPSA) is 18.5 Å². The summed E-state index contributed by atoms with van der Waals surface area (Å²) in [6.07, 6.45) is 1.41. The van der Waals surface area contributed by atoms with Crippen molar-refractivity contribution in [1.29, 1.82) is 0 Å². The standard InChI is InChI=1S/C17H24O2/c1-6-16(18-7-2)17(19-14(5)13(3)4)15-11-9-8-10-12-15/h6,8-13,16-17H,1,5,7H2,2-4H3. The maximum absolute atomic E-state index is 6.01. The van der Waals surface area contributed by atoms with Crippen LogP contribution in [0.25, 0.3) is 0 Å². The lowest BCUT2D eigenvalue weighted by atomic mass is 10.0. The minimum absolute atomic E-state index is 0.178. The van der Waals surface area contributed by atoms with Gasteiger partial charge in [0.1, 0.15) is 6.10 Å². The van der Waals surface area contributed by atoms with Crippen molar-refractivity contribution in [2.45, 2.75) is 33.0 Å². The van der Waals surface area contributed by atoms with Crippen molar-refractivity contribution < 1.29 is 9.47 Å². The molecule has 0 heterocycles. The van der Waals surface area contributed by atoms with E-state index in [2.05, 4.69) is 27.0 Å². The van der Waals surface area contributed by atoms with Gasteiger partial charge >= 0.3 is 0 Å². The van der Waals surface area contributed by atoms with Crippen LogP contribution in [-0.4, -0.2) is 12.7 Å². The molecule has 104 valence electrons. The van der Waals surface area contributed by atoms with Crippen LogP contribution in [0.2, 0.25) is 0 Å². The highest BCUT2D eigenvalue weighted by molar-refractivity contribution is 5.21. The second kappa shape index (κ2) is 7.80. The molecule has 0 radical (unpaired) electrons. The summed E-state index contributed by atoms with van der Waals surface area (Å²) < 4.78 is 11.7. The van der Waals surface area contributed by atoms with Gasteiger partial charge in [0, 0.05) is 12.5 Å². The molecule has 0 amide bonds. The highest BCUT2D eigenvalue weighted by atomic mass is 16.5. The molecule has 2 nitrogen and oxygen atoms in total. The van der Waals surface area contributed by atoms with E-state index in [1.807, 2.05) is 37.3 Å². The largest absolute Gasteiger partial charge is 0.487 e. The van der Waals surface area contributed by atoms with Crippen LogP contribution in [0.15, 0.2) is 55.3 Å². The van der Waals surface area contributed by atoms with Crippen LogP contribution in [0.5, 0.6) is 0 Å². The SMILES string of the molecule is C=CC(OCC)C(OC(=C)C(C)C)c1ccccc1. The molecule has 0 aromatic heterocycles. The van der Waals surface area contributed by atoms with Crippen molar-refractivity contribution in [3.8, 4) is 0 Å². The Hall–Kier alpha value is -1.54. The van der Waals surface area contributed by atoms with Gasteiger partial charge in [-0.25, -0.2) is 0 Å². The van der Waals surface area contributed by atoms with Gasteiger partial charge in [-0.1, -0.05) is 56.8 Å². The van der Waals surface area contributed by atoms with Gasteiger partial charge in [0.25, 0.3) is 0 Å². The Bertz CT molecular complexity index is 395. The van der Waals surface area contributed by atoms with Crippen LogP contribution in [-0.2, 0) is 9.47 Å². The van der Waals surface area contributed by atoms with Crippen molar-refractivity contribution in [3.63, 3.8) is 0 Å². The zero-order chi connectivity index (χ0) is 14.3. The molecule has 1 aromatic carbocycles. The van der Waals surface area contributed by atoms with Crippen molar-refractivity contribution in [1.82, 2.24) is 0 Å². The fraction of sp³-hybridized carbons (Fsp3) is 0.412. The molecule has 2 atom stereocenters. The van der Waals surface area contributed by atoms with Gasteiger partial charge in [-0.15, -0.1) is 6.58 Å². The smallest absolute Gasteiger partial charge is 0.153 e. The van der Waals surface area contributed by atoms with Crippen LogP contribution in [0.4, 0.5) is 0 Å². The van der Waals surface area contributed by atoms with Gasteiger partial charge in [-0.05, 0) is 12.5 Å². The number of rotatable bonds is 8. The fourth-order valence-electron chi connectivity index (χ4n) is 1.74. The second-order valence-corrected chi connectivity index (χ2v) is 4.73. The maximum atomic E-state index is 6.01. The first kappa shape index (κ1) is 15.5. The van der Waals surface area contributed by atoms with Crippen molar-refractivity contribution in [2.75, 3.05) is 6.61 Å². The molecule has 0 spiro atoms. The van der Waals surface area contributed by atoms with Crippen LogP contribution in [0.3, 0.4) is 0 Å². The third-order valence-corrected chi connectivity index (χ3v) is 2.94. The molecule has 0 aliphatic rings. The molecule has 19 heavy (non-hydrogen) atoms. The van der Waals surface area contributed by atoms with E-state index in [4.69, 9.17) is 9.47 Å². The summed E-state index contributed by atoms with van der Waals surface area (Å²) in [5.41, 5.74) is 1.07. The number of allylic oxidation sites excluding steroid dienone is 1. The predicted octanol–water partition coefficient (Wildman–Crippen LogP) is 4.51. The summed E-state index contributed by atoms with van der Waals surface area (Å²) in [6.45, 7) is 14.5. The van der Waals surface area contributed by atoms with Gasteiger partial charge in [0.2, 0.25) is 0 Å². The normalized spacial score (nSPS) is 13.9. The number of hydrogen-bond donors (Lipinski definition) is 0. The minimum atomic E-state index is -0.200. The molecule has 0 aliphatic heterocycles. The molecule has 0 N–H and O–H groups in total. The van der Waals surface area contributed by atoms with E-state index in [0.29, 0.717) is 6.61 Å². The number of hydrogen-bond acceptors (Lipinski definition) is 2. The average molecular weight is 260 g/mol. The van der Waals surface area contributed by atoms with Crippen LogP contribution in [0.1, 0.15) is 32.4 Å². The first-order chi connectivity index (χ1) is 9.10. The van der Waals surface area contributed by atoms with E-state index >= 15 is 0 Å².